The summed E-state index contributed by atoms with van der Waals surface area (Å²) in [7, 11) is 1.53. The van der Waals surface area contributed by atoms with Crippen molar-refractivity contribution in [3.63, 3.8) is 0 Å². The van der Waals surface area contributed by atoms with Gasteiger partial charge in [0.1, 0.15) is 5.75 Å². The second kappa shape index (κ2) is 8.93. The van der Waals surface area contributed by atoms with Crippen molar-refractivity contribution in [1.29, 1.82) is 0 Å². The van der Waals surface area contributed by atoms with Crippen LogP contribution in [0.1, 0.15) is 50.2 Å². The van der Waals surface area contributed by atoms with E-state index in [2.05, 4.69) is 5.32 Å². The third kappa shape index (κ3) is 4.55. The second-order valence-electron chi connectivity index (χ2n) is 7.30. The van der Waals surface area contributed by atoms with Crippen molar-refractivity contribution in [3.05, 3.63) is 28.8 Å². The number of hydrogen-bond acceptors (Lipinski definition) is 4. The van der Waals surface area contributed by atoms with Crippen molar-refractivity contribution in [2.45, 2.75) is 50.7 Å². The Kier molecular flexibility index (Phi) is 6.60. The summed E-state index contributed by atoms with van der Waals surface area (Å²) in [5, 5.41) is 13.9. The zero-order valence-electron chi connectivity index (χ0n) is 15.6. The van der Waals surface area contributed by atoms with E-state index in [9.17, 15) is 14.7 Å². The van der Waals surface area contributed by atoms with Gasteiger partial charge in [0.2, 0.25) is 11.8 Å². The fourth-order valence-corrected chi connectivity index (χ4v) is 4.39. The van der Waals surface area contributed by atoms with E-state index < -0.39 is 6.10 Å². The van der Waals surface area contributed by atoms with Crippen molar-refractivity contribution in [2.24, 2.45) is 5.92 Å². The second-order valence-corrected chi connectivity index (χ2v) is 7.73. The SMILES string of the molecule is COc1ccc(Cl)cc1C(O)CNC(=O)[C@@H]1CCCC[C@@H]1N1CCCC1=O. The molecule has 0 spiro atoms. The molecule has 1 heterocycles. The van der Waals surface area contributed by atoms with Gasteiger partial charge in [0.05, 0.1) is 19.1 Å². The Morgan fingerprint density at radius 2 is 2.15 bits per heavy atom. The number of amides is 2. The number of hydrogen-bond donors (Lipinski definition) is 2. The van der Waals surface area contributed by atoms with Gasteiger partial charge in [0.25, 0.3) is 0 Å². The number of halogens is 1. The van der Waals surface area contributed by atoms with Crippen LogP contribution in [0.4, 0.5) is 0 Å². The Bertz CT molecular complexity index is 697. The van der Waals surface area contributed by atoms with Crippen molar-refractivity contribution >= 4 is 23.4 Å². The molecule has 2 fully saturated rings. The number of aliphatic hydroxyl groups excluding tert-OH is 1. The highest BCUT2D eigenvalue weighted by molar-refractivity contribution is 6.30. The molecule has 3 atom stereocenters. The average Bonchev–Trinajstić information content (AvgIpc) is 3.11. The van der Waals surface area contributed by atoms with Gasteiger partial charge in [-0.2, -0.15) is 0 Å². The predicted octanol–water partition coefficient (Wildman–Crippen LogP) is 2.68. The number of aliphatic hydroxyl groups is 1. The summed E-state index contributed by atoms with van der Waals surface area (Å²) < 4.78 is 5.27. The van der Waals surface area contributed by atoms with E-state index in [1.807, 2.05) is 4.90 Å². The summed E-state index contributed by atoms with van der Waals surface area (Å²) in [6, 6.07) is 5.00. The first-order valence-corrected chi connectivity index (χ1v) is 9.97. The molecule has 1 aromatic carbocycles. The molecule has 3 rings (SSSR count). The average molecular weight is 395 g/mol. The maximum Gasteiger partial charge on any atom is 0.225 e. The Morgan fingerprint density at radius 3 is 2.85 bits per heavy atom. The molecule has 1 unspecified atom stereocenters. The molecule has 1 saturated carbocycles. The van der Waals surface area contributed by atoms with Gasteiger partial charge in [-0.3, -0.25) is 9.59 Å². The van der Waals surface area contributed by atoms with Crippen LogP contribution >= 0.6 is 11.6 Å². The number of carbonyl (C=O) groups excluding carboxylic acids is 2. The lowest BCUT2D eigenvalue weighted by Gasteiger charge is -2.37. The molecular formula is C20H27ClN2O4. The van der Waals surface area contributed by atoms with Crippen molar-refractivity contribution in [2.75, 3.05) is 20.2 Å². The Balaban J connectivity index is 1.64. The number of benzene rings is 1. The molecule has 27 heavy (non-hydrogen) atoms. The zero-order chi connectivity index (χ0) is 19.4. The molecule has 0 aromatic heterocycles. The fourth-order valence-electron chi connectivity index (χ4n) is 4.21. The van der Waals surface area contributed by atoms with Crippen molar-refractivity contribution in [3.8, 4) is 5.75 Å². The van der Waals surface area contributed by atoms with E-state index in [4.69, 9.17) is 16.3 Å². The number of carbonyl (C=O) groups is 2. The molecule has 0 radical (unpaired) electrons. The number of likely N-dealkylation sites (tertiary alicyclic amines) is 1. The van der Waals surface area contributed by atoms with Crippen molar-refractivity contribution < 1.29 is 19.4 Å². The highest BCUT2D eigenvalue weighted by Gasteiger charge is 2.38. The lowest BCUT2D eigenvalue weighted by atomic mass is 9.83. The number of methoxy groups -OCH3 is 1. The molecule has 2 amide bonds. The highest BCUT2D eigenvalue weighted by Crippen LogP contribution is 2.32. The molecule has 1 aromatic rings. The quantitative estimate of drug-likeness (QED) is 0.777. The van der Waals surface area contributed by atoms with E-state index in [0.717, 1.165) is 38.6 Å². The van der Waals surface area contributed by atoms with Crippen LogP contribution < -0.4 is 10.1 Å². The van der Waals surface area contributed by atoms with Crippen LogP contribution in [0.2, 0.25) is 5.02 Å². The van der Waals surface area contributed by atoms with E-state index in [1.54, 1.807) is 18.2 Å². The van der Waals surface area contributed by atoms with Gasteiger partial charge in [0.15, 0.2) is 0 Å². The molecule has 1 aliphatic heterocycles. The summed E-state index contributed by atoms with van der Waals surface area (Å²) in [4.78, 5) is 26.8. The Labute approximate surface area is 164 Å². The van der Waals surface area contributed by atoms with Gasteiger partial charge in [-0.25, -0.2) is 0 Å². The number of rotatable bonds is 6. The molecule has 1 aliphatic carbocycles. The number of nitrogens with one attached hydrogen (secondary N) is 1. The first-order valence-electron chi connectivity index (χ1n) is 9.60. The normalized spacial score (nSPS) is 24.0. The fraction of sp³-hybridized carbons (Fsp3) is 0.600. The standard InChI is InChI=1S/C20H27ClN2O4/c1-27-18-9-8-13(21)11-15(18)17(24)12-22-20(26)14-5-2-3-6-16(14)23-10-4-7-19(23)25/h8-9,11,14,16-17,24H,2-7,10,12H2,1H3,(H,22,26)/t14-,16+,17?/m1/s1. The van der Waals surface area contributed by atoms with Crippen LogP contribution in [0.25, 0.3) is 0 Å². The van der Waals surface area contributed by atoms with Gasteiger partial charge in [-0.1, -0.05) is 24.4 Å². The largest absolute Gasteiger partial charge is 0.496 e. The van der Waals surface area contributed by atoms with Crippen molar-refractivity contribution in [1.82, 2.24) is 10.2 Å². The topological polar surface area (TPSA) is 78.9 Å². The van der Waals surface area contributed by atoms with Gasteiger partial charge < -0.3 is 20.1 Å². The van der Waals surface area contributed by atoms with E-state index in [1.165, 1.54) is 7.11 Å². The molecule has 7 heteroatoms. The molecule has 6 nitrogen and oxygen atoms in total. The molecule has 1 saturated heterocycles. The predicted molar refractivity (Wildman–Crippen MR) is 103 cm³/mol. The van der Waals surface area contributed by atoms with E-state index >= 15 is 0 Å². The van der Waals surface area contributed by atoms with E-state index in [-0.39, 0.29) is 30.3 Å². The summed E-state index contributed by atoms with van der Waals surface area (Å²) >= 11 is 6.02. The summed E-state index contributed by atoms with van der Waals surface area (Å²) in [6.07, 6.45) is 4.21. The minimum absolute atomic E-state index is 0.0217. The maximum atomic E-state index is 12.8. The van der Waals surface area contributed by atoms with Crippen LogP contribution in [0.3, 0.4) is 0 Å². The molecular weight excluding hydrogens is 368 g/mol. The summed E-state index contributed by atoms with van der Waals surface area (Å²) in [5.41, 5.74) is 0.542. The third-order valence-corrected chi connectivity index (χ3v) is 5.83. The molecule has 148 valence electrons. The number of ether oxygens (including phenoxy) is 1. The minimum Gasteiger partial charge on any atom is -0.496 e. The van der Waals surface area contributed by atoms with Gasteiger partial charge in [-0.15, -0.1) is 0 Å². The van der Waals surface area contributed by atoms with Crippen LogP contribution in [-0.2, 0) is 9.59 Å². The molecule has 2 aliphatic rings. The van der Waals surface area contributed by atoms with Gasteiger partial charge >= 0.3 is 0 Å². The minimum atomic E-state index is -0.918. The summed E-state index contributed by atoms with van der Waals surface area (Å²) in [6.45, 7) is 0.822. The highest BCUT2D eigenvalue weighted by atomic mass is 35.5. The summed E-state index contributed by atoms with van der Waals surface area (Å²) in [5.74, 6) is 0.372. The van der Waals surface area contributed by atoms with Crippen LogP contribution in [0, 0.1) is 5.92 Å². The van der Waals surface area contributed by atoms with Crippen LogP contribution in [0.15, 0.2) is 18.2 Å². The van der Waals surface area contributed by atoms with Gasteiger partial charge in [-0.05, 0) is 37.5 Å². The first kappa shape index (κ1) is 20.0. The lowest BCUT2D eigenvalue weighted by Crippen LogP contribution is -2.49. The molecule has 2 N–H and O–H groups in total. The first-order chi connectivity index (χ1) is 13.0. The van der Waals surface area contributed by atoms with E-state index in [0.29, 0.717) is 22.8 Å². The number of nitrogens with zero attached hydrogens (tertiary/aromatic N) is 1. The maximum absolute atomic E-state index is 12.8. The monoisotopic (exact) mass is 394 g/mol. The van der Waals surface area contributed by atoms with Gasteiger partial charge in [0, 0.05) is 36.1 Å². The lowest BCUT2D eigenvalue weighted by molar-refractivity contribution is -0.135. The molecule has 0 bridgehead atoms. The third-order valence-electron chi connectivity index (χ3n) is 5.60. The smallest absolute Gasteiger partial charge is 0.225 e. The van der Waals surface area contributed by atoms with Crippen LogP contribution in [0.5, 0.6) is 5.75 Å². The van der Waals surface area contributed by atoms with Crippen LogP contribution in [-0.4, -0.2) is 48.1 Å². The zero-order valence-corrected chi connectivity index (χ0v) is 16.4. The Hall–Kier alpha value is -1.79. The Morgan fingerprint density at radius 1 is 1.37 bits per heavy atom.